The van der Waals surface area contributed by atoms with E-state index in [1.54, 1.807) is 4.68 Å². The first kappa shape index (κ1) is 13.7. The van der Waals surface area contributed by atoms with Gasteiger partial charge in [0.05, 0.1) is 6.61 Å². The maximum atomic E-state index is 9.38. The number of hydrogen-bond donors (Lipinski definition) is 1. The molecule has 3 rings (SSSR count). The van der Waals surface area contributed by atoms with Gasteiger partial charge in [-0.15, -0.1) is 15.3 Å². The lowest BCUT2D eigenvalue weighted by molar-refractivity contribution is 0.263. The second-order valence-electron chi connectivity index (χ2n) is 4.26. The minimum absolute atomic E-state index is 0.203. The van der Waals surface area contributed by atoms with Crippen LogP contribution in [0.1, 0.15) is 16.4 Å². The van der Waals surface area contributed by atoms with Crippen molar-refractivity contribution < 1.29 is 9.84 Å². The topological polar surface area (TPSA) is 86.0 Å². The third kappa shape index (κ3) is 2.91. The summed E-state index contributed by atoms with van der Waals surface area (Å²) in [5.74, 6) is 0.739. The molecule has 2 aromatic heterocycles. The molecule has 0 aliphatic heterocycles. The van der Waals surface area contributed by atoms with Gasteiger partial charge in [-0.2, -0.15) is 4.68 Å². The lowest BCUT2D eigenvalue weighted by atomic mass is 10.3. The summed E-state index contributed by atoms with van der Waals surface area (Å²) in [6.07, 6.45) is 0. The Morgan fingerprint density at radius 1 is 1.19 bits per heavy atom. The van der Waals surface area contributed by atoms with E-state index in [1.807, 2.05) is 37.3 Å². The van der Waals surface area contributed by atoms with Crippen molar-refractivity contribution in [1.29, 1.82) is 0 Å². The van der Waals surface area contributed by atoms with Crippen molar-refractivity contribution >= 4 is 11.3 Å². The fourth-order valence-electron chi connectivity index (χ4n) is 1.79. The predicted octanol–water partition coefficient (Wildman–Crippen LogP) is 1.50. The third-order valence-electron chi connectivity index (χ3n) is 2.81. The van der Waals surface area contributed by atoms with Gasteiger partial charge < -0.3 is 9.84 Å². The van der Waals surface area contributed by atoms with Crippen LogP contribution in [-0.4, -0.2) is 30.3 Å². The quantitative estimate of drug-likeness (QED) is 0.768. The van der Waals surface area contributed by atoms with Gasteiger partial charge in [-0.1, -0.05) is 34.7 Å². The fourth-order valence-corrected chi connectivity index (χ4v) is 2.45. The standard InChI is InChI=1S/C13H13N5O2S/c1-9-14-16-13(21-9)18-12(11(7-19)15-17-18)8-20-10-5-3-2-4-6-10/h2-6,19H,7-8H2,1H3. The van der Waals surface area contributed by atoms with Crippen LogP contribution in [0.3, 0.4) is 0 Å². The maximum Gasteiger partial charge on any atom is 0.234 e. The molecule has 0 saturated carbocycles. The largest absolute Gasteiger partial charge is 0.487 e. The monoisotopic (exact) mass is 303 g/mol. The predicted molar refractivity (Wildman–Crippen MR) is 76.3 cm³/mol. The van der Waals surface area contributed by atoms with Crippen molar-refractivity contribution in [3.8, 4) is 10.9 Å². The summed E-state index contributed by atoms with van der Waals surface area (Å²) >= 11 is 1.40. The van der Waals surface area contributed by atoms with Gasteiger partial charge in [-0.25, -0.2) is 0 Å². The molecule has 0 atom stereocenters. The molecule has 1 aromatic carbocycles. The molecule has 7 nitrogen and oxygen atoms in total. The van der Waals surface area contributed by atoms with Crippen molar-refractivity contribution in [3.05, 3.63) is 46.7 Å². The Morgan fingerprint density at radius 2 is 2.00 bits per heavy atom. The second-order valence-corrected chi connectivity index (χ2v) is 5.42. The summed E-state index contributed by atoms with van der Waals surface area (Å²) < 4.78 is 7.26. The van der Waals surface area contributed by atoms with E-state index in [1.165, 1.54) is 11.3 Å². The number of aryl methyl sites for hydroxylation is 1. The number of benzene rings is 1. The summed E-state index contributed by atoms with van der Waals surface area (Å²) in [5, 5.41) is 26.8. The van der Waals surface area contributed by atoms with E-state index in [-0.39, 0.29) is 13.2 Å². The fraction of sp³-hybridized carbons (Fsp3) is 0.231. The molecule has 1 N–H and O–H groups in total. The van der Waals surface area contributed by atoms with Gasteiger partial charge in [0.2, 0.25) is 5.13 Å². The van der Waals surface area contributed by atoms with E-state index in [9.17, 15) is 5.11 Å². The molecule has 108 valence electrons. The van der Waals surface area contributed by atoms with Crippen LogP contribution in [0, 0.1) is 6.92 Å². The van der Waals surface area contributed by atoms with E-state index in [0.29, 0.717) is 16.5 Å². The third-order valence-corrected chi connectivity index (χ3v) is 3.62. The van der Waals surface area contributed by atoms with Gasteiger partial charge in [0.15, 0.2) is 0 Å². The summed E-state index contributed by atoms with van der Waals surface area (Å²) in [6.45, 7) is 1.90. The van der Waals surface area contributed by atoms with E-state index >= 15 is 0 Å². The molecular formula is C13H13N5O2S. The van der Waals surface area contributed by atoms with Crippen molar-refractivity contribution in [3.63, 3.8) is 0 Å². The van der Waals surface area contributed by atoms with Gasteiger partial charge in [-0.3, -0.25) is 0 Å². The molecule has 21 heavy (non-hydrogen) atoms. The van der Waals surface area contributed by atoms with Crippen LogP contribution in [0.2, 0.25) is 0 Å². The molecule has 0 radical (unpaired) electrons. The molecule has 0 fully saturated rings. The Balaban J connectivity index is 1.87. The molecule has 0 unspecified atom stereocenters. The highest BCUT2D eigenvalue weighted by atomic mass is 32.1. The zero-order valence-electron chi connectivity index (χ0n) is 11.3. The van der Waals surface area contributed by atoms with Gasteiger partial charge in [0, 0.05) is 0 Å². The minimum Gasteiger partial charge on any atom is -0.487 e. The first-order valence-corrected chi connectivity index (χ1v) is 7.12. The number of ether oxygens (including phenoxy) is 1. The molecule has 0 amide bonds. The summed E-state index contributed by atoms with van der Waals surface area (Å²) in [5.41, 5.74) is 1.14. The number of rotatable bonds is 5. The molecule has 2 heterocycles. The van der Waals surface area contributed by atoms with Gasteiger partial charge in [-0.05, 0) is 19.1 Å². The van der Waals surface area contributed by atoms with E-state index in [2.05, 4.69) is 20.5 Å². The first-order chi connectivity index (χ1) is 10.3. The summed E-state index contributed by atoms with van der Waals surface area (Å²) in [7, 11) is 0. The Kier molecular flexibility index (Phi) is 3.89. The number of nitrogens with zero attached hydrogens (tertiary/aromatic N) is 5. The average molecular weight is 303 g/mol. The van der Waals surface area contributed by atoms with Crippen LogP contribution in [0.4, 0.5) is 0 Å². The summed E-state index contributed by atoms with van der Waals surface area (Å²) in [4.78, 5) is 0. The summed E-state index contributed by atoms with van der Waals surface area (Å²) in [6, 6.07) is 9.43. The van der Waals surface area contributed by atoms with E-state index < -0.39 is 0 Å². The van der Waals surface area contributed by atoms with Crippen LogP contribution >= 0.6 is 11.3 Å². The van der Waals surface area contributed by atoms with Crippen molar-refractivity contribution in [2.75, 3.05) is 0 Å². The number of aliphatic hydroxyl groups is 1. The Bertz CT molecular complexity index is 725. The Hall–Kier alpha value is -2.32. The van der Waals surface area contributed by atoms with E-state index in [0.717, 1.165) is 10.8 Å². The smallest absolute Gasteiger partial charge is 0.234 e. The highest BCUT2D eigenvalue weighted by Crippen LogP contribution is 2.19. The molecule has 8 heteroatoms. The van der Waals surface area contributed by atoms with Crippen LogP contribution in [-0.2, 0) is 13.2 Å². The van der Waals surface area contributed by atoms with E-state index in [4.69, 9.17) is 4.74 Å². The van der Waals surface area contributed by atoms with Crippen molar-refractivity contribution in [2.45, 2.75) is 20.1 Å². The average Bonchev–Trinajstić information content (AvgIpc) is 3.11. The Morgan fingerprint density at radius 3 is 2.67 bits per heavy atom. The molecule has 0 aliphatic carbocycles. The van der Waals surface area contributed by atoms with Gasteiger partial charge in [0.1, 0.15) is 28.8 Å². The molecular weight excluding hydrogens is 290 g/mol. The molecule has 3 aromatic rings. The zero-order valence-corrected chi connectivity index (χ0v) is 12.1. The van der Waals surface area contributed by atoms with Crippen LogP contribution in [0.25, 0.3) is 5.13 Å². The normalized spacial score (nSPS) is 10.8. The second kappa shape index (κ2) is 5.98. The van der Waals surface area contributed by atoms with Gasteiger partial charge in [0.25, 0.3) is 0 Å². The lowest BCUT2D eigenvalue weighted by Gasteiger charge is -2.07. The van der Waals surface area contributed by atoms with Crippen molar-refractivity contribution in [2.24, 2.45) is 0 Å². The van der Waals surface area contributed by atoms with Crippen LogP contribution in [0.15, 0.2) is 30.3 Å². The van der Waals surface area contributed by atoms with Crippen LogP contribution in [0.5, 0.6) is 5.75 Å². The highest BCUT2D eigenvalue weighted by molar-refractivity contribution is 7.13. The zero-order chi connectivity index (χ0) is 14.7. The molecule has 0 saturated heterocycles. The first-order valence-electron chi connectivity index (χ1n) is 6.30. The SMILES string of the molecule is Cc1nnc(-n2nnc(CO)c2COc2ccccc2)s1. The maximum absolute atomic E-state index is 9.38. The molecule has 0 bridgehead atoms. The number of para-hydroxylation sites is 1. The highest BCUT2D eigenvalue weighted by Gasteiger charge is 2.17. The molecule has 0 spiro atoms. The van der Waals surface area contributed by atoms with Crippen LogP contribution < -0.4 is 4.74 Å². The van der Waals surface area contributed by atoms with Gasteiger partial charge >= 0.3 is 0 Å². The minimum atomic E-state index is -0.203. The number of hydrogen-bond acceptors (Lipinski definition) is 7. The number of aliphatic hydroxyl groups excluding tert-OH is 1. The van der Waals surface area contributed by atoms with Crippen molar-refractivity contribution in [1.82, 2.24) is 25.2 Å². The molecule has 0 aliphatic rings. The Labute approximate surface area is 124 Å². The number of aromatic nitrogens is 5. The lowest BCUT2D eigenvalue weighted by Crippen LogP contribution is -2.07.